The van der Waals surface area contributed by atoms with E-state index in [1.54, 1.807) is 0 Å². The Morgan fingerprint density at radius 2 is 1.77 bits per heavy atom. The van der Waals surface area contributed by atoms with Gasteiger partial charge in [-0.3, -0.25) is 4.79 Å². The highest BCUT2D eigenvalue weighted by Gasteiger charge is 2.19. The van der Waals surface area contributed by atoms with E-state index in [1.807, 2.05) is 73.3 Å². The first-order valence-electron chi connectivity index (χ1n) is 11.9. The lowest BCUT2D eigenvalue weighted by Crippen LogP contribution is -2.48. The summed E-state index contributed by atoms with van der Waals surface area (Å²) in [6, 6.07) is 17.3. The summed E-state index contributed by atoms with van der Waals surface area (Å²) in [5, 5.41) is 4.33. The molecule has 1 aromatic heterocycles. The maximum absolute atomic E-state index is 12.4. The van der Waals surface area contributed by atoms with Crippen molar-refractivity contribution in [3.05, 3.63) is 71.6 Å². The summed E-state index contributed by atoms with van der Waals surface area (Å²) < 4.78 is 11.5. The molecule has 4 rings (SSSR count). The molecular formula is C27H32N4O4. The minimum Gasteiger partial charge on any atom is -0.484 e. The van der Waals surface area contributed by atoms with Gasteiger partial charge in [-0.25, -0.2) is 4.98 Å². The number of oxime groups is 1. The highest BCUT2D eigenvalue weighted by Crippen LogP contribution is 2.22. The molecule has 0 atom stereocenters. The maximum Gasteiger partial charge on any atom is 0.260 e. The van der Waals surface area contributed by atoms with Crippen LogP contribution in [0.5, 0.6) is 5.75 Å². The number of piperazine rings is 1. The summed E-state index contributed by atoms with van der Waals surface area (Å²) in [5.74, 6) is 1.96. The number of ether oxygens (including phenoxy) is 1. The van der Waals surface area contributed by atoms with Crippen LogP contribution >= 0.6 is 0 Å². The molecule has 2 heterocycles. The Balaban J connectivity index is 1.30. The number of hydrogen-bond acceptors (Lipinski definition) is 7. The largest absolute Gasteiger partial charge is 0.484 e. The summed E-state index contributed by atoms with van der Waals surface area (Å²) >= 11 is 0. The summed E-state index contributed by atoms with van der Waals surface area (Å²) in [7, 11) is 2.07. The van der Waals surface area contributed by atoms with E-state index in [9.17, 15) is 4.79 Å². The smallest absolute Gasteiger partial charge is 0.260 e. The number of oxazole rings is 1. The lowest BCUT2D eigenvalue weighted by atomic mass is 10.1. The normalized spacial score (nSPS) is 14.7. The van der Waals surface area contributed by atoms with Crippen molar-refractivity contribution in [3.8, 4) is 17.2 Å². The van der Waals surface area contributed by atoms with Gasteiger partial charge in [-0.1, -0.05) is 30.3 Å². The van der Waals surface area contributed by atoms with Gasteiger partial charge < -0.3 is 23.8 Å². The van der Waals surface area contributed by atoms with Crippen LogP contribution in [0, 0.1) is 6.92 Å². The molecule has 0 bridgehead atoms. The standard InChI is InChI=1S/C27H32N4O4/c1-4-24(29-34-18-25-20(2)35-27(28-25)22-8-6-5-7-9-22)21-10-12-23(13-11-21)33-19-26(32)31-16-14-30(3)15-17-31/h5-13H,4,14-19H2,1-3H3. The zero-order chi connectivity index (χ0) is 24.6. The van der Waals surface area contributed by atoms with Crippen molar-refractivity contribution < 1.29 is 18.8 Å². The highest BCUT2D eigenvalue weighted by atomic mass is 16.6. The van der Waals surface area contributed by atoms with Crippen molar-refractivity contribution in [1.82, 2.24) is 14.8 Å². The number of aryl methyl sites for hydroxylation is 1. The molecule has 184 valence electrons. The quantitative estimate of drug-likeness (QED) is 0.341. The van der Waals surface area contributed by atoms with E-state index in [0.29, 0.717) is 23.8 Å². The fourth-order valence-corrected chi connectivity index (χ4v) is 3.79. The maximum atomic E-state index is 12.4. The van der Waals surface area contributed by atoms with Crippen molar-refractivity contribution in [2.75, 3.05) is 39.8 Å². The van der Waals surface area contributed by atoms with E-state index in [-0.39, 0.29) is 19.1 Å². The van der Waals surface area contributed by atoms with Crippen LogP contribution in [0.25, 0.3) is 11.5 Å². The van der Waals surface area contributed by atoms with Gasteiger partial charge in [0, 0.05) is 31.7 Å². The third kappa shape index (κ3) is 6.48. The second-order valence-electron chi connectivity index (χ2n) is 8.55. The Morgan fingerprint density at radius 1 is 1.06 bits per heavy atom. The third-order valence-electron chi connectivity index (χ3n) is 6.03. The number of nitrogens with zero attached hydrogens (tertiary/aromatic N) is 4. The number of likely N-dealkylation sites (N-methyl/N-ethyl adjacent to an activating group) is 1. The first-order valence-corrected chi connectivity index (χ1v) is 11.9. The molecule has 0 N–H and O–H groups in total. The molecule has 0 radical (unpaired) electrons. The Kier molecular flexibility index (Phi) is 8.15. The van der Waals surface area contributed by atoms with E-state index in [2.05, 4.69) is 22.1 Å². The zero-order valence-electron chi connectivity index (χ0n) is 20.6. The first-order chi connectivity index (χ1) is 17.0. The molecule has 8 nitrogen and oxygen atoms in total. The van der Waals surface area contributed by atoms with E-state index < -0.39 is 0 Å². The van der Waals surface area contributed by atoms with Gasteiger partial charge in [0.15, 0.2) is 13.2 Å². The molecule has 1 amide bonds. The molecule has 0 saturated carbocycles. The second-order valence-corrected chi connectivity index (χ2v) is 8.55. The fraction of sp³-hybridized carbons (Fsp3) is 0.370. The van der Waals surface area contributed by atoms with E-state index in [0.717, 1.165) is 48.7 Å². The first kappa shape index (κ1) is 24.5. The van der Waals surface area contributed by atoms with E-state index >= 15 is 0 Å². The molecular weight excluding hydrogens is 444 g/mol. The molecule has 1 aliphatic heterocycles. The molecule has 1 fully saturated rings. The molecule has 0 spiro atoms. The predicted molar refractivity (Wildman–Crippen MR) is 134 cm³/mol. The van der Waals surface area contributed by atoms with Gasteiger partial charge in [-0.2, -0.15) is 0 Å². The molecule has 1 saturated heterocycles. The van der Waals surface area contributed by atoms with Crippen molar-refractivity contribution in [1.29, 1.82) is 0 Å². The van der Waals surface area contributed by atoms with Crippen LogP contribution in [0.15, 0.2) is 64.2 Å². The number of rotatable bonds is 9. The van der Waals surface area contributed by atoms with Crippen LogP contribution in [0.4, 0.5) is 0 Å². The lowest BCUT2D eigenvalue weighted by molar-refractivity contribution is -0.134. The van der Waals surface area contributed by atoms with Crippen LogP contribution in [0.2, 0.25) is 0 Å². The van der Waals surface area contributed by atoms with Crippen LogP contribution in [0.1, 0.15) is 30.4 Å². The molecule has 0 aliphatic carbocycles. The monoisotopic (exact) mass is 476 g/mol. The van der Waals surface area contributed by atoms with Crippen molar-refractivity contribution in [2.24, 2.45) is 5.16 Å². The van der Waals surface area contributed by atoms with Gasteiger partial charge in [-0.05, 0) is 62.4 Å². The number of carbonyl (C=O) groups excluding carboxylic acids is 1. The number of amides is 1. The molecule has 3 aromatic rings. The Morgan fingerprint density at radius 3 is 2.46 bits per heavy atom. The summed E-state index contributed by atoms with van der Waals surface area (Å²) in [4.78, 5) is 26.6. The van der Waals surface area contributed by atoms with Crippen LogP contribution in [0.3, 0.4) is 0 Å². The zero-order valence-corrected chi connectivity index (χ0v) is 20.6. The Bertz CT molecular complexity index is 1130. The molecule has 35 heavy (non-hydrogen) atoms. The van der Waals surface area contributed by atoms with Gasteiger partial charge in [0.1, 0.15) is 17.2 Å². The molecule has 0 unspecified atom stereocenters. The Hall–Kier alpha value is -3.65. The fourth-order valence-electron chi connectivity index (χ4n) is 3.79. The highest BCUT2D eigenvalue weighted by molar-refractivity contribution is 6.00. The minimum absolute atomic E-state index is 0.0185. The number of hydrogen-bond donors (Lipinski definition) is 0. The van der Waals surface area contributed by atoms with Crippen LogP contribution < -0.4 is 4.74 Å². The lowest BCUT2D eigenvalue weighted by Gasteiger charge is -2.32. The molecule has 1 aliphatic rings. The van der Waals surface area contributed by atoms with Crippen molar-refractivity contribution in [3.63, 3.8) is 0 Å². The predicted octanol–water partition coefficient (Wildman–Crippen LogP) is 4.13. The summed E-state index contributed by atoms with van der Waals surface area (Å²) in [6.45, 7) is 7.44. The van der Waals surface area contributed by atoms with Crippen LogP contribution in [-0.4, -0.2) is 66.2 Å². The van der Waals surface area contributed by atoms with E-state index in [4.69, 9.17) is 14.0 Å². The Labute approximate surface area is 206 Å². The van der Waals surface area contributed by atoms with Gasteiger partial charge in [0.25, 0.3) is 5.91 Å². The number of benzene rings is 2. The van der Waals surface area contributed by atoms with Gasteiger partial charge in [0.05, 0.1) is 5.71 Å². The number of aromatic nitrogens is 1. The van der Waals surface area contributed by atoms with E-state index in [1.165, 1.54) is 0 Å². The average Bonchev–Trinajstić information content (AvgIpc) is 3.27. The molecule has 8 heteroatoms. The second kappa shape index (κ2) is 11.7. The topological polar surface area (TPSA) is 80.4 Å². The van der Waals surface area contributed by atoms with Crippen molar-refractivity contribution >= 4 is 11.6 Å². The SMILES string of the molecule is CCC(=NOCc1nc(-c2ccccc2)oc1C)c1ccc(OCC(=O)N2CCN(C)CC2)cc1. The number of carbonyl (C=O) groups is 1. The summed E-state index contributed by atoms with van der Waals surface area (Å²) in [6.07, 6.45) is 0.704. The van der Waals surface area contributed by atoms with Crippen molar-refractivity contribution in [2.45, 2.75) is 26.9 Å². The molecule has 2 aromatic carbocycles. The van der Waals surface area contributed by atoms with Gasteiger partial charge in [-0.15, -0.1) is 0 Å². The van der Waals surface area contributed by atoms with Gasteiger partial charge in [0.2, 0.25) is 5.89 Å². The third-order valence-corrected chi connectivity index (χ3v) is 6.03. The minimum atomic E-state index is 0.0185. The average molecular weight is 477 g/mol. The van der Waals surface area contributed by atoms with Crippen LogP contribution in [-0.2, 0) is 16.2 Å². The van der Waals surface area contributed by atoms with Gasteiger partial charge >= 0.3 is 0 Å². The summed E-state index contributed by atoms with van der Waals surface area (Å²) in [5.41, 5.74) is 3.39.